The van der Waals surface area contributed by atoms with Gasteiger partial charge >= 0.3 is 0 Å². The third-order valence-electron chi connectivity index (χ3n) is 3.43. The molecular formula is C15H26N4. The van der Waals surface area contributed by atoms with E-state index in [4.69, 9.17) is 0 Å². The fourth-order valence-corrected chi connectivity index (χ4v) is 2.09. The Balaban J connectivity index is 1.85. The van der Waals surface area contributed by atoms with Crippen molar-refractivity contribution < 1.29 is 0 Å². The van der Waals surface area contributed by atoms with Crippen molar-refractivity contribution in [2.24, 2.45) is 11.8 Å². The van der Waals surface area contributed by atoms with Crippen LogP contribution in [0, 0.1) is 11.8 Å². The van der Waals surface area contributed by atoms with Crippen LogP contribution in [0.15, 0.2) is 12.4 Å². The Morgan fingerprint density at radius 2 is 2.11 bits per heavy atom. The highest BCUT2D eigenvalue weighted by Gasteiger charge is 2.24. The second kappa shape index (κ2) is 6.85. The van der Waals surface area contributed by atoms with E-state index in [1.165, 1.54) is 12.8 Å². The molecule has 1 aromatic rings. The van der Waals surface area contributed by atoms with Gasteiger partial charge in [0.2, 0.25) is 0 Å². The van der Waals surface area contributed by atoms with Crippen LogP contribution >= 0.6 is 0 Å². The second-order valence-corrected chi connectivity index (χ2v) is 5.87. The largest absolute Gasteiger partial charge is 0.355 e. The van der Waals surface area contributed by atoms with E-state index in [1.54, 1.807) is 0 Å². The minimum absolute atomic E-state index is 0.668. The zero-order chi connectivity index (χ0) is 13.7. The smallest absolute Gasteiger partial charge is 0.147 e. The van der Waals surface area contributed by atoms with Crippen molar-refractivity contribution in [2.75, 3.05) is 24.5 Å². The number of nitrogens with zero attached hydrogens (tertiary/aromatic N) is 3. The summed E-state index contributed by atoms with van der Waals surface area (Å²) in [6.45, 7) is 10.6. The van der Waals surface area contributed by atoms with E-state index >= 15 is 0 Å². The summed E-state index contributed by atoms with van der Waals surface area (Å²) in [7, 11) is 0. The molecule has 4 heteroatoms. The molecule has 0 atom stereocenters. The van der Waals surface area contributed by atoms with Gasteiger partial charge in [0.05, 0.1) is 18.1 Å². The van der Waals surface area contributed by atoms with Gasteiger partial charge in [-0.25, -0.2) is 4.98 Å². The number of anilines is 1. The van der Waals surface area contributed by atoms with Gasteiger partial charge in [0.25, 0.3) is 0 Å². The molecule has 0 aliphatic heterocycles. The lowest BCUT2D eigenvalue weighted by molar-refractivity contribution is 0.547. The van der Waals surface area contributed by atoms with Crippen LogP contribution in [0.3, 0.4) is 0 Å². The Morgan fingerprint density at radius 1 is 1.32 bits per heavy atom. The lowest BCUT2D eigenvalue weighted by Crippen LogP contribution is -2.26. The molecule has 106 valence electrons. The molecule has 0 spiro atoms. The van der Waals surface area contributed by atoms with Crippen LogP contribution in [0.2, 0.25) is 0 Å². The summed E-state index contributed by atoms with van der Waals surface area (Å²) in [6, 6.07) is 0. The molecule has 1 aromatic heterocycles. The van der Waals surface area contributed by atoms with Crippen LogP contribution < -0.4 is 10.2 Å². The summed E-state index contributed by atoms with van der Waals surface area (Å²) in [5, 5.41) is 3.39. The molecule has 0 unspecified atom stereocenters. The van der Waals surface area contributed by atoms with Crippen molar-refractivity contribution in [3.8, 4) is 0 Å². The van der Waals surface area contributed by atoms with E-state index in [2.05, 4.69) is 41.0 Å². The molecule has 0 radical (unpaired) electrons. The minimum Gasteiger partial charge on any atom is -0.355 e. The molecule has 1 saturated carbocycles. The average molecular weight is 262 g/mol. The maximum Gasteiger partial charge on any atom is 0.147 e. The fraction of sp³-hybridized carbons (Fsp3) is 0.733. The number of nitrogens with one attached hydrogen (secondary N) is 1. The molecule has 0 amide bonds. The van der Waals surface area contributed by atoms with Crippen LogP contribution in [0.25, 0.3) is 0 Å². The number of hydrogen-bond donors (Lipinski definition) is 1. The monoisotopic (exact) mass is 262 g/mol. The lowest BCUT2D eigenvalue weighted by Gasteiger charge is -2.21. The quantitative estimate of drug-likeness (QED) is 0.781. The topological polar surface area (TPSA) is 41.1 Å². The Bertz CT molecular complexity index is 370. The fourth-order valence-electron chi connectivity index (χ4n) is 2.09. The number of rotatable bonds is 8. The molecule has 1 fully saturated rings. The van der Waals surface area contributed by atoms with Crippen LogP contribution in [0.5, 0.6) is 0 Å². The van der Waals surface area contributed by atoms with Crippen LogP contribution in [-0.2, 0) is 6.54 Å². The Labute approximate surface area is 116 Å². The molecule has 2 rings (SSSR count). The summed E-state index contributed by atoms with van der Waals surface area (Å²) in [5.74, 6) is 2.57. The van der Waals surface area contributed by atoms with Crippen LogP contribution in [-0.4, -0.2) is 29.6 Å². The Kier molecular flexibility index (Phi) is 5.14. The van der Waals surface area contributed by atoms with Gasteiger partial charge in [0.1, 0.15) is 5.82 Å². The maximum absolute atomic E-state index is 4.55. The molecule has 0 saturated heterocycles. The van der Waals surface area contributed by atoms with Gasteiger partial charge < -0.3 is 10.2 Å². The SMILES string of the molecule is CCN(CC1CC1)c1cnc(CNCC(C)C)cn1. The Morgan fingerprint density at radius 3 is 2.63 bits per heavy atom. The lowest BCUT2D eigenvalue weighted by atomic mass is 10.2. The molecule has 0 bridgehead atoms. The molecular weight excluding hydrogens is 236 g/mol. The zero-order valence-electron chi connectivity index (χ0n) is 12.4. The molecule has 1 heterocycles. The summed E-state index contributed by atoms with van der Waals surface area (Å²) in [5.41, 5.74) is 1.02. The van der Waals surface area contributed by atoms with E-state index in [0.717, 1.165) is 43.6 Å². The first-order valence-electron chi connectivity index (χ1n) is 7.45. The van der Waals surface area contributed by atoms with Gasteiger partial charge in [-0.15, -0.1) is 0 Å². The van der Waals surface area contributed by atoms with Crippen molar-refractivity contribution >= 4 is 5.82 Å². The maximum atomic E-state index is 4.55. The summed E-state index contributed by atoms with van der Waals surface area (Å²) in [6.07, 6.45) is 6.57. The molecule has 1 aliphatic rings. The van der Waals surface area contributed by atoms with E-state index in [0.29, 0.717) is 5.92 Å². The van der Waals surface area contributed by atoms with Gasteiger partial charge in [-0.3, -0.25) is 4.98 Å². The average Bonchev–Trinajstić information content (AvgIpc) is 3.20. The predicted molar refractivity (Wildman–Crippen MR) is 79.2 cm³/mol. The standard InChI is InChI=1S/C15H26N4/c1-4-19(11-13-5-6-13)15-10-17-14(9-18-15)8-16-7-12(2)3/h9-10,12-13,16H,4-8,11H2,1-3H3. The highest BCUT2D eigenvalue weighted by atomic mass is 15.2. The molecule has 1 aliphatic carbocycles. The van der Waals surface area contributed by atoms with E-state index in [-0.39, 0.29) is 0 Å². The third kappa shape index (κ3) is 4.78. The molecule has 19 heavy (non-hydrogen) atoms. The predicted octanol–water partition coefficient (Wildman–Crippen LogP) is 2.46. The van der Waals surface area contributed by atoms with E-state index < -0.39 is 0 Å². The van der Waals surface area contributed by atoms with Gasteiger partial charge in [-0.1, -0.05) is 13.8 Å². The highest BCUT2D eigenvalue weighted by molar-refractivity contribution is 5.35. The first kappa shape index (κ1) is 14.3. The summed E-state index contributed by atoms with van der Waals surface area (Å²) < 4.78 is 0. The van der Waals surface area contributed by atoms with Gasteiger partial charge in [0.15, 0.2) is 0 Å². The second-order valence-electron chi connectivity index (χ2n) is 5.87. The van der Waals surface area contributed by atoms with Crippen molar-refractivity contribution in [3.63, 3.8) is 0 Å². The summed E-state index contributed by atoms with van der Waals surface area (Å²) in [4.78, 5) is 11.4. The minimum atomic E-state index is 0.668. The van der Waals surface area contributed by atoms with Crippen LogP contribution in [0.4, 0.5) is 5.82 Å². The molecule has 1 N–H and O–H groups in total. The van der Waals surface area contributed by atoms with Gasteiger partial charge in [-0.2, -0.15) is 0 Å². The van der Waals surface area contributed by atoms with Crippen molar-refractivity contribution in [2.45, 2.75) is 40.2 Å². The van der Waals surface area contributed by atoms with E-state index in [1.807, 2.05) is 12.4 Å². The number of aromatic nitrogens is 2. The Hall–Kier alpha value is -1.16. The number of hydrogen-bond acceptors (Lipinski definition) is 4. The van der Waals surface area contributed by atoms with Gasteiger partial charge in [-0.05, 0) is 38.1 Å². The normalized spacial score (nSPS) is 14.9. The van der Waals surface area contributed by atoms with Crippen molar-refractivity contribution in [3.05, 3.63) is 18.1 Å². The van der Waals surface area contributed by atoms with Crippen LogP contribution in [0.1, 0.15) is 39.3 Å². The summed E-state index contributed by atoms with van der Waals surface area (Å²) >= 11 is 0. The van der Waals surface area contributed by atoms with Gasteiger partial charge in [0, 0.05) is 19.6 Å². The zero-order valence-corrected chi connectivity index (χ0v) is 12.4. The molecule has 4 nitrogen and oxygen atoms in total. The molecule has 0 aromatic carbocycles. The first-order valence-corrected chi connectivity index (χ1v) is 7.45. The highest BCUT2D eigenvalue weighted by Crippen LogP contribution is 2.30. The van der Waals surface area contributed by atoms with E-state index in [9.17, 15) is 0 Å². The first-order chi connectivity index (χ1) is 9.19. The van der Waals surface area contributed by atoms with Crippen molar-refractivity contribution in [1.82, 2.24) is 15.3 Å². The third-order valence-corrected chi connectivity index (χ3v) is 3.43. The van der Waals surface area contributed by atoms with Crippen molar-refractivity contribution in [1.29, 1.82) is 0 Å².